The molecule has 0 spiro atoms. The van der Waals surface area contributed by atoms with Gasteiger partial charge in [-0.15, -0.1) is 0 Å². The quantitative estimate of drug-likeness (QED) is 0.0313. The van der Waals surface area contributed by atoms with Crippen molar-refractivity contribution in [2.45, 2.75) is 82.7 Å². The van der Waals surface area contributed by atoms with Crippen molar-refractivity contribution in [3.63, 3.8) is 0 Å². The van der Waals surface area contributed by atoms with E-state index in [0.29, 0.717) is 30.9 Å². The lowest BCUT2D eigenvalue weighted by Crippen LogP contribution is -2.46. The number of carbonyl (C=O) groups excluding carboxylic acids is 2. The summed E-state index contributed by atoms with van der Waals surface area (Å²) in [6, 6.07) is 8.08. The predicted octanol–water partition coefficient (Wildman–Crippen LogP) is 1.39. The van der Waals surface area contributed by atoms with Crippen molar-refractivity contribution < 1.29 is 80.8 Å². The molecule has 4 heterocycles. The SMILES string of the molecule is CC(C)(COP(=O)(O)OP(=O)(O)OC[C@H]1O[C@@H](n2cnc3c(N)ncnc32)[C@H](O)[C@@H]1OP(=O)(O)O)[C@@H](O)C(=O)NCCC(=O)NCCSCCC(O)CCCc1c[nH]c2ccccc12. The zero-order valence-electron chi connectivity index (χ0n) is 34.6. The number of aromatic nitrogens is 5. The number of phosphoric ester groups is 3. The van der Waals surface area contributed by atoms with Crippen LogP contribution in [0.25, 0.3) is 22.1 Å². The Kier molecular flexibility index (Phi) is 18.1. The lowest BCUT2D eigenvalue weighted by molar-refractivity contribution is -0.137. The number of para-hydroxylation sites is 1. The Morgan fingerprint density at radius 2 is 1.75 bits per heavy atom. The molecule has 25 nitrogen and oxygen atoms in total. The van der Waals surface area contributed by atoms with Crippen LogP contribution in [-0.2, 0) is 52.3 Å². The predicted molar refractivity (Wildman–Crippen MR) is 229 cm³/mol. The molecule has 3 unspecified atom stereocenters. The van der Waals surface area contributed by atoms with Gasteiger partial charge in [0.2, 0.25) is 11.8 Å². The molecule has 64 heavy (non-hydrogen) atoms. The second-order valence-corrected chi connectivity index (χ2v) is 20.8. The number of amides is 2. The van der Waals surface area contributed by atoms with E-state index >= 15 is 0 Å². The van der Waals surface area contributed by atoms with E-state index in [9.17, 15) is 58.2 Å². The van der Waals surface area contributed by atoms with Gasteiger partial charge in [-0.2, -0.15) is 16.1 Å². The van der Waals surface area contributed by atoms with E-state index in [4.69, 9.17) is 19.5 Å². The van der Waals surface area contributed by atoms with Crippen LogP contribution in [0.2, 0.25) is 0 Å². The number of benzene rings is 1. The smallest absolute Gasteiger partial charge is 0.393 e. The number of thioether (sulfide) groups is 1. The number of aryl methyl sites for hydroxylation is 1. The van der Waals surface area contributed by atoms with Gasteiger partial charge < -0.3 is 61.0 Å². The van der Waals surface area contributed by atoms with Crippen LogP contribution < -0.4 is 16.4 Å². The molecule has 0 bridgehead atoms. The van der Waals surface area contributed by atoms with Crippen LogP contribution >= 0.6 is 35.2 Å². The van der Waals surface area contributed by atoms with Crippen LogP contribution in [0.15, 0.2) is 43.1 Å². The molecule has 5 rings (SSSR count). The number of hydrogen-bond donors (Lipinski definition) is 11. The molecule has 29 heteroatoms. The number of hydrogen-bond acceptors (Lipinski definition) is 18. The summed E-state index contributed by atoms with van der Waals surface area (Å²) < 4.78 is 62.4. The largest absolute Gasteiger partial charge is 0.481 e. The zero-order valence-corrected chi connectivity index (χ0v) is 38.1. The Morgan fingerprint density at radius 1 is 1.02 bits per heavy atom. The third-order valence-electron chi connectivity index (χ3n) is 9.90. The van der Waals surface area contributed by atoms with Crippen molar-refractivity contribution in [1.29, 1.82) is 0 Å². The summed E-state index contributed by atoms with van der Waals surface area (Å²) in [4.78, 5) is 79.4. The number of anilines is 1. The molecule has 1 saturated heterocycles. The number of aliphatic hydroxyl groups excluding tert-OH is 3. The Bertz CT molecular complexity index is 2350. The van der Waals surface area contributed by atoms with Crippen molar-refractivity contribution in [3.8, 4) is 0 Å². The highest BCUT2D eigenvalue weighted by atomic mass is 32.2. The maximum absolute atomic E-state index is 12.7. The minimum atomic E-state index is -5.57. The number of phosphoric acid groups is 3. The number of rotatable bonds is 26. The molecule has 1 aliphatic rings. The number of nitrogens with zero attached hydrogens (tertiary/aromatic N) is 4. The molecule has 4 aromatic rings. The van der Waals surface area contributed by atoms with Gasteiger partial charge in [0, 0.05) is 47.8 Å². The minimum Gasteiger partial charge on any atom is -0.393 e. The molecular weight excluding hydrogens is 929 g/mol. The van der Waals surface area contributed by atoms with E-state index in [-0.39, 0.29) is 35.9 Å². The van der Waals surface area contributed by atoms with Gasteiger partial charge in [0.25, 0.3) is 0 Å². The minimum absolute atomic E-state index is 0.0334. The third-order valence-corrected chi connectivity index (χ3v) is 14.0. The average molecular weight is 983 g/mol. The third kappa shape index (κ3) is 14.8. The fourth-order valence-corrected chi connectivity index (χ4v) is 10.3. The van der Waals surface area contributed by atoms with Gasteiger partial charge in [-0.1, -0.05) is 32.0 Å². The zero-order chi connectivity index (χ0) is 46.9. The lowest BCUT2D eigenvalue weighted by atomic mass is 9.87. The standard InChI is InChI=1S/C35H53N8O17P3S/c1-35(2,30(47)33(48)38-12-10-26(45)37-13-15-64-14-11-22(44)7-5-6-21-16-39-24-9-4-3-8-23(21)24)18-57-63(54,55)60-62(52,53)56-17-25-29(59-61(49,50)51)28(46)34(58-25)43-20-42-27-31(36)40-19-41-32(27)43/h3-4,8-9,16,19-20,22,25,28-30,34,39,44,46-47H,5-7,10-15,17-18H2,1-2H3,(H,37,45)(H,38,48)(H,52,53)(H,54,55)(H2,36,40,41)(H2,49,50,51)/t22?,25-,28-,29-,30+,34-/m1/s1. The van der Waals surface area contributed by atoms with E-state index in [1.807, 2.05) is 24.4 Å². The van der Waals surface area contributed by atoms with Gasteiger partial charge in [0.1, 0.15) is 36.3 Å². The molecule has 0 radical (unpaired) electrons. The summed E-state index contributed by atoms with van der Waals surface area (Å²) in [6.45, 7) is 0.733. The second-order valence-electron chi connectivity index (χ2n) is 15.4. The van der Waals surface area contributed by atoms with Crippen molar-refractivity contribution in [3.05, 3.63) is 48.7 Å². The van der Waals surface area contributed by atoms with E-state index in [1.54, 1.807) is 11.8 Å². The van der Waals surface area contributed by atoms with E-state index < -0.39 is 84.8 Å². The summed E-state index contributed by atoms with van der Waals surface area (Å²) in [6.07, 6.45) is -2.23. The summed E-state index contributed by atoms with van der Waals surface area (Å²) >= 11 is 1.58. The number of aromatic amines is 1. The first kappa shape index (κ1) is 51.6. The monoisotopic (exact) mass is 982 g/mol. The number of carbonyl (C=O) groups is 2. The van der Waals surface area contributed by atoms with Crippen LogP contribution in [-0.4, -0.2) is 140 Å². The van der Waals surface area contributed by atoms with Gasteiger partial charge in [-0.05, 0) is 43.1 Å². The topological polar surface area (TPSA) is 383 Å². The average Bonchev–Trinajstić information content (AvgIpc) is 3.92. The number of nitrogen functional groups attached to an aromatic ring is 1. The van der Waals surface area contributed by atoms with E-state index in [2.05, 4.69) is 45.5 Å². The van der Waals surface area contributed by atoms with Gasteiger partial charge in [0.05, 0.1) is 25.6 Å². The fraction of sp³-hybridized carbons (Fsp3) is 0.571. The summed E-state index contributed by atoms with van der Waals surface area (Å²) in [5.74, 6) is -0.0370. The Hall–Kier alpha value is -3.39. The first-order valence-electron chi connectivity index (χ1n) is 19.8. The van der Waals surface area contributed by atoms with Crippen LogP contribution in [0.4, 0.5) is 5.82 Å². The van der Waals surface area contributed by atoms with Crippen LogP contribution in [0.5, 0.6) is 0 Å². The van der Waals surface area contributed by atoms with Crippen LogP contribution in [0, 0.1) is 5.41 Å². The first-order valence-corrected chi connectivity index (χ1v) is 25.4. The van der Waals surface area contributed by atoms with Gasteiger partial charge in [-0.3, -0.25) is 27.7 Å². The highest BCUT2D eigenvalue weighted by Gasteiger charge is 2.50. The molecule has 12 N–H and O–H groups in total. The molecule has 1 aromatic carbocycles. The van der Waals surface area contributed by atoms with Crippen LogP contribution in [0.3, 0.4) is 0 Å². The molecule has 2 amide bonds. The molecule has 1 aliphatic heterocycles. The summed E-state index contributed by atoms with van der Waals surface area (Å²) in [7, 11) is -16.4. The maximum atomic E-state index is 12.7. The van der Waals surface area contributed by atoms with E-state index in [0.717, 1.165) is 35.6 Å². The van der Waals surface area contributed by atoms with Gasteiger partial charge in [-0.25, -0.2) is 28.6 Å². The summed E-state index contributed by atoms with van der Waals surface area (Å²) in [5, 5.41) is 38.2. The second kappa shape index (κ2) is 22.4. The molecule has 0 saturated carbocycles. The van der Waals surface area contributed by atoms with Gasteiger partial charge >= 0.3 is 23.5 Å². The van der Waals surface area contributed by atoms with E-state index in [1.165, 1.54) is 24.8 Å². The lowest BCUT2D eigenvalue weighted by Gasteiger charge is -2.30. The number of aliphatic hydroxyl groups is 3. The molecule has 1 fully saturated rings. The molecule has 0 aliphatic carbocycles. The highest BCUT2D eigenvalue weighted by molar-refractivity contribution is 7.99. The van der Waals surface area contributed by atoms with Crippen LogP contribution in [0.1, 0.15) is 51.3 Å². The summed E-state index contributed by atoms with van der Waals surface area (Å²) in [5.41, 5.74) is 6.61. The number of nitrogens with two attached hydrogens (primary N) is 1. The van der Waals surface area contributed by atoms with Crippen molar-refractivity contribution >= 4 is 74.9 Å². The molecule has 356 valence electrons. The highest BCUT2D eigenvalue weighted by Crippen LogP contribution is 2.61. The van der Waals surface area contributed by atoms with Crippen molar-refractivity contribution in [2.75, 3.05) is 43.5 Å². The number of fused-ring (bicyclic) bond motifs is 2. The maximum Gasteiger partial charge on any atom is 0.481 e. The number of nitrogens with one attached hydrogen (secondary N) is 3. The molecule has 8 atom stereocenters. The normalized spacial score (nSPS) is 21.1. The Labute approximate surface area is 370 Å². The Morgan fingerprint density at radius 3 is 2.50 bits per heavy atom. The first-order chi connectivity index (χ1) is 30.1. The Balaban J connectivity index is 0.972. The molecule has 3 aromatic heterocycles. The molecular formula is C35H53N8O17P3S. The van der Waals surface area contributed by atoms with Crippen molar-refractivity contribution in [2.24, 2.45) is 5.41 Å². The fourth-order valence-electron chi connectivity index (χ4n) is 6.53. The number of imidazole rings is 1. The van der Waals surface area contributed by atoms with Gasteiger partial charge in [0.15, 0.2) is 17.7 Å². The van der Waals surface area contributed by atoms with Crippen molar-refractivity contribution in [1.82, 2.24) is 35.1 Å². The number of ether oxygens (including phenoxy) is 1. The number of H-pyrrole nitrogens is 1.